The molecule has 0 unspecified atom stereocenters. The smallest absolute Gasteiger partial charge is 0.322 e. The standard InChI is InChI=1S/C20H17N3O4/c24-18(9-7-14-4-2-1-3-5-14)21-20-23-22-19(27-20)13-15-6-8-16-17(12-15)26-11-10-25-16/h1-9,12H,10-11,13H2,(H,21,23,24). The predicted octanol–water partition coefficient (Wildman–Crippen LogP) is 3.08. The summed E-state index contributed by atoms with van der Waals surface area (Å²) in [5.41, 5.74) is 1.88. The van der Waals surface area contributed by atoms with Gasteiger partial charge in [0.1, 0.15) is 13.2 Å². The zero-order valence-electron chi connectivity index (χ0n) is 14.4. The topological polar surface area (TPSA) is 86.5 Å². The largest absolute Gasteiger partial charge is 0.486 e. The molecule has 0 fully saturated rings. The van der Waals surface area contributed by atoms with Crippen molar-refractivity contribution in [1.82, 2.24) is 10.2 Å². The van der Waals surface area contributed by atoms with Crippen LogP contribution in [0.25, 0.3) is 6.08 Å². The fourth-order valence-electron chi connectivity index (χ4n) is 2.63. The Morgan fingerprint density at radius 2 is 1.85 bits per heavy atom. The Hall–Kier alpha value is -3.61. The zero-order chi connectivity index (χ0) is 18.5. The molecular formula is C20H17N3O4. The van der Waals surface area contributed by atoms with Gasteiger partial charge in [0.25, 0.3) is 5.91 Å². The first-order valence-electron chi connectivity index (χ1n) is 8.51. The summed E-state index contributed by atoms with van der Waals surface area (Å²) in [7, 11) is 0. The minimum atomic E-state index is -0.339. The van der Waals surface area contributed by atoms with E-state index in [-0.39, 0.29) is 11.9 Å². The number of amides is 1. The lowest BCUT2D eigenvalue weighted by atomic mass is 10.1. The highest BCUT2D eigenvalue weighted by Gasteiger charge is 2.14. The first-order chi connectivity index (χ1) is 13.3. The summed E-state index contributed by atoms with van der Waals surface area (Å²) in [6.45, 7) is 1.08. The molecule has 0 spiro atoms. The van der Waals surface area contributed by atoms with Crippen molar-refractivity contribution in [2.45, 2.75) is 6.42 Å². The molecule has 0 saturated heterocycles. The molecule has 7 heteroatoms. The second kappa shape index (κ2) is 7.74. The number of carbonyl (C=O) groups is 1. The predicted molar refractivity (Wildman–Crippen MR) is 98.6 cm³/mol. The molecule has 1 aliphatic rings. The van der Waals surface area contributed by atoms with Gasteiger partial charge in [-0.3, -0.25) is 10.1 Å². The van der Waals surface area contributed by atoms with Crippen LogP contribution in [0.5, 0.6) is 11.5 Å². The van der Waals surface area contributed by atoms with Crippen LogP contribution in [0.3, 0.4) is 0 Å². The molecule has 0 aliphatic carbocycles. The first-order valence-corrected chi connectivity index (χ1v) is 8.51. The number of nitrogens with zero attached hydrogens (tertiary/aromatic N) is 2. The van der Waals surface area contributed by atoms with Crippen molar-refractivity contribution in [3.8, 4) is 11.5 Å². The summed E-state index contributed by atoms with van der Waals surface area (Å²) >= 11 is 0. The van der Waals surface area contributed by atoms with Crippen molar-refractivity contribution in [2.24, 2.45) is 0 Å². The van der Waals surface area contributed by atoms with Crippen molar-refractivity contribution in [1.29, 1.82) is 0 Å². The van der Waals surface area contributed by atoms with Gasteiger partial charge >= 0.3 is 6.01 Å². The van der Waals surface area contributed by atoms with Crippen molar-refractivity contribution in [2.75, 3.05) is 18.5 Å². The van der Waals surface area contributed by atoms with Crippen LogP contribution in [0.1, 0.15) is 17.0 Å². The van der Waals surface area contributed by atoms with E-state index >= 15 is 0 Å². The Morgan fingerprint density at radius 1 is 1.04 bits per heavy atom. The molecule has 3 aromatic rings. The molecule has 2 heterocycles. The van der Waals surface area contributed by atoms with Crippen LogP contribution in [-0.2, 0) is 11.2 Å². The summed E-state index contributed by atoms with van der Waals surface area (Å²) in [5.74, 6) is 1.49. The number of aromatic nitrogens is 2. The molecule has 1 amide bonds. The Bertz CT molecular complexity index is 966. The molecule has 27 heavy (non-hydrogen) atoms. The molecular weight excluding hydrogens is 346 g/mol. The van der Waals surface area contributed by atoms with Crippen LogP contribution < -0.4 is 14.8 Å². The van der Waals surface area contributed by atoms with Crippen LogP contribution in [0.15, 0.2) is 59.0 Å². The van der Waals surface area contributed by atoms with Crippen molar-refractivity contribution in [3.63, 3.8) is 0 Å². The molecule has 0 atom stereocenters. The van der Waals surface area contributed by atoms with Gasteiger partial charge in [-0.05, 0) is 29.3 Å². The molecule has 1 N–H and O–H groups in total. The lowest BCUT2D eigenvalue weighted by Gasteiger charge is -2.18. The van der Waals surface area contributed by atoms with Gasteiger partial charge in [-0.25, -0.2) is 0 Å². The number of rotatable bonds is 5. The summed E-state index contributed by atoms with van der Waals surface area (Å²) in [5, 5.41) is 10.4. The van der Waals surface area contributed by atoms with E-state index < -0.39 is 0 Å². The maximum absolute atomic E-state index is 12.0. The van der Waals surface area contributed by atoms with Crippen molar-refractivity contribution >= 4 is 18.0 Å². The van der Waals surface area contributed by atoms with E-state index in [4.69, 9.17) is 13.9 Å². The minimum absolute atomic E-state index is 0.0604. The van der Waals surface area contributed by atoms with Gasteiger partial charge in [0.15, 0.2) is 11.5 Å². The molecule has 1 aromatic heterocycles. The quantitative estimate of drug-likeness (QED) is 0.701. The fourth-order valence-corrected chi connectivity index (χ4v) is 2.63. The monoisotopic (exact) mass is 363 g/mol. The first kappa shape index (κ1) is 16.8. The zero-order valence-corrected chi connectivity index (χ0v) is 14.4. The third-order valence-electron chi connectivity index (χ3n) is 3.89. The number of benzene rings is 2. The Balaban J connectivity index is 1.37. The average Bonchev–Trinajstić information content (AvgIpc) is 3.14. The number of hydrogen-bond acceptors (Lipinski definition) is 6. The minimum Gasteiger partial charge on any atom is -0.486 e. The van der Waals surface area contributed by atoms with Gasteiger partial charge < -0.3 is 13.9 Å². The lowest BCUT2D eigenvalue weighted by Crippen LogP contribution is -2.15. The molecule has 0 bridgehead atoms. The second-order valence-corrected chi connectivity index (χ2v) is 5.89. The Kier molecular flexibility index (Phi) is 4.82. The van der Waals surface area contributed by atoms with E-state index in [1.54, 1.807) is 6.08 Å². The third-order valence-corrected chi connectivity index (χ3v) is 3.89. The number of carbonyl (C=O) groups excluding carboxylic acids is 1. The van der Waals surface area contributed by atoms with E-state index in [9.17, 15) is 4.79 Å². The van der Waals surface area contributed by atoms with E-state index in [1.807, 2.05) is 48.5 Å². The molecule has 1 aliphatic heterocycles. The van der Waals surface area contributed by atoms with Crippen molar-refractivity contribution in [3.05, 3.63) is 71.6 Å². The summed E-state index contributed by atoms with van der Waals surface area (Å²) < 4.78 is 16.6. The van der Waals surface area contributed by atoms with E-state index in [2.05, 4.69) is 15.5 Å². The maximum Gasteiger partial charge on any atom is 0.322 e. The van der Waals surface area contributed by atoms with Crippen LogP contribution >= 0.6 is 0 Å². The number of nitrogens with one attached hydrogen (secondary N) is 1. The number of fused-ring (bicyclic) bond motifs is 1. The molecule has 7 nitrogen and oxygen atoms in total. The van der Waals surface area contributed by atoms with Gasteiger partial charge in [0.2, 0.25) is 5.89 Å². The molecule has 136 valence electrons. The number of anilines is 1. The highest BCUT2D eigenvalue weighted by molar-refractivity contribution is 6.00. The van der Waals surface area contributed by atoms with E-state index in [0.29, 0.717) is 31.3 Å². The van der Waals surface area contributed by atoms with Gasteiger partial charge in [0.05, 0.1) is 6.42 Å². The number of hydrogen-bond donors (Lipinski definition) is 1. The van der Waals surface area contributed by atoms with Crippen LogP contribution in [0.2, 0.25) is 0 Å². The van der Waals surface area contributed by atoms with E-state index in [1.165, 1.54) is 6.08 Å². The van der Waals surface area contributed by atoms with Gasteiger partial charge in [-0.2, -0.15) is 0 Å². The highest BCUT2D eigenvalue weighted by atomic mass is 16.6. The average molecular weight is 363 g/mol. The fraction of sp³-hybridized carbons (Fsp3) is 0.150. The molecule has 0 saturated carbocycles. The summed E-state index contributed by atoms with van der Waals surface area (Å²) in [4.78, 5) is 12.0. The number of ether oxygens (including phenoxy) is 2. The lowest BCUT2D eigenvalue weighted by molar-refractivity contribution is -0.112. The van der Waals surface area contributed by atoms with Crippen molar-refractivity contribution < 1.29 is 18.7 Å². The second-order valence-electron chi connectivity index (χ2n) is 5.89. The Morgan fingerprint density at radius 3 is 2.70 bits per heavy atom. The van der Waals surface area contributed by atoms with Crippen LogP contribution in [0, 0.1) is 0 Å². The van der Waals surface area contributed by atoms with Gasteiger partial charge in [-0.1, -0.05) is 41.5 Å². The summed E-state index contributed by atoms with van der Waals surface area (Å²) in [6, 6.07) is 15.3. The maximum atomic E-state index is 12.0. The third kappa shape index (κ3) is 4.33. The highest BCUT2D eigenvalue weighted by Crippen LogP contribution is 2.31. The Labute approximate surface area is 155 Å². The van der Waals surface area contributed by atoms with E-state index in [0.717, 1.165) is 16.9 Å². The SMILES string of the molecule is O=C(C=Cc1ccccc1)Nc1nnc(Cc2ccc3c(c2)OCCO3)o1. The summed E-state index contributed by atoms with van der Waals surface area (Å²) in [6.07, 6.45) is 3.56. The molecule has 4 rings (SSSR count). The normalized spacial score (nSPS) is 12.9. The molecule has 2 aromatic carbocycles. The van der Waals surface area contributed by atoms with Crippen LogP contribution in [-0.4, -0.2) is 29.3 Å². The van der Waals surface area contributed by atoms with Gasteiger partial charge in [-0.15, -0.1) is 5.10 Å². The molecule has 0 radical (unpaired) electrons. The van der Waals surface area contributed by atoms with Gasteiger partial charge in [0, 0.05) is 6.08 Å². The van der Waals surface area contributed by atoms with Crippen LogP contribution in [0.4, 0.5) is 6.01 Å².